The number of rotatable bonds is 10. The second-order valence-corrected chi connectivity index (χ2v) is 7.18. The molecule has 2 aromatic rings. The normalized spacial score (nSPS) is 25.8. The summed E-state index contributed by atoms with van der Waals surface area (Å²) < 4.78 is 17.4. The van der Waals surface area contributed by atoms with Crippen LogP contribution in [-0.2, 0) is 27.1 Å². The molecular formula is C24H26O3. The summed E-state index contributed by atoms with van der Waals surface area (Å²) in [7, 11) is 0. The zero-order chi connectivity index (χ0) is 18.6. The summed E-state index contributed by atoms with van der Waals surface area (Å²) in [5, 5.41) is 0. The fraction of sp³-hybridized carbons (Fsp3) is 0.333. The van der Waals surface area contributed by atoms with Crippen LogP contribution in [0.15, 0.2) is 61.7 Å². The van der Waals surface area contributed by atoms with Gasteiger partial charge in [0.25, 0.3) is 0 Å². The fourth-order valence-electron chi connectivity index (χ4n) is 3.58. The van der Waals surface area contributed by atoms with E-state index in [0.29, 0.717) is 13.2 Å². The fourth-order valence-corrected chi connectivity index (χ4v) is 3.58. The molecule has 2 saturated heterocycles. The lowest BCUT2D eigenvalue weighted by atomic mass is 10.0. The van der Waals surface area contributed by atoms with Gasteiger partial charge in [0, 0.05) is 12.8 Å². The van der Waals surface area contributed by atoms with Crippen molar-refractivity contribution >= 4 is 12.2 Å². The maximum absolute atomic E-state index is 5.84. The molecule has 0 radical (unpaired) electrons. The molecule has 0 N–H and O–H groups in total. The Hall–Kier alpha value is -2.20. The van der Waals surface area contributed by atoms with Gasteiger partial charge < -0.3 is 14.2 Å². The molecule has 27 heavy (non-hydrogen) atoms. The van der Waals surface area contributed by atoms with E-state index in [1.54, 1.807) is 0 Å². The first kappa shape index (κ1) is 18.2. The number of benzene rings is 2. The number of hydrogen-bond donors (Lipinski definition) is 0. The summed E-state index contributed by atoms with van der Waals surface area (Å²) in [4.78, 5) is 0. The molecule has 2 aliphatic heterocycles. The molecule has 140 valence electrons. The van der Waals surface area contributed by atoms with Gasteiger partial charge >= 0.3 is 0 Å². The van der Waals surface area contributed by atoms with Crippen LogP contribution in [0.3, 0.4) is 0 Å². The Morgan fingerprint density at radius 3 is 1.59 bits per heavy atom. The molecule has 2 fully saturated rings. The van der Waals surface area contributed by atoms with E-state index in [1.807, 2.05) is 24.3 Å². The second kappa shape index (κ2) is 8.22. The van der Waals surface area contributed by atoms with Crippen molar-refractivity contribution in [3.63, 3.8) is 0 Å². The van der Waals surface area contributed by atoms with Crippen LogP contribution in [-0.4, -0.2) is 37.6 Å². The van der Waals surface area contributed by atoms with Crippen molar-refractivity contribution in [3.8, 4) is 0 Å². The Morgan fingerprint density at radius 2 is 1.15 bits per heavy atom. The molecule has 0 bridgehead atoms. The van der Waals surface area contributed by atoms with Gasteiger partial charge in [0.05, 0.1) is 25.4 Å². The quantitative estimate of drug-likeness (QED) is 0.591. The summed E-state index contributed by atoms with van der Waals surface area (Å²) >= 11 is 0. The lowest BCUT2D eigenvalue weighted by molar-refractivity contribution is 0.102. The first-order valence-corrected chi connectivity index (χ1v) is 9.58. The molecule has 0 aromatic heterocycles. The van der Waals surface area contributed by atoms with Crippen LogP contribution in [0.1, 0.15) is 22.3 Å². The summed E-state index contributed by atoms with van der Waals surface area (Å²) in [6.45, 7) is 9.03. The summed E-state index contributed by atoms with van der Waals surface area (Å²) in [5.74, 6) is 0. The Balaban J connectivity index is 1.16. The second-order valence-electron chi connectivity index (χ2n) is 7.18. The van der Waals surface area contributed by atoms with Crippen LogP contribution in [0.4, 0.5) is 0 Å². The first-order valence-electron chi connectivity index (χ1n) is 9.58. The van der Waals surface area contributed by atoms with Gasteiger partial charge in [-0.05, 0) is 22.3 Å². The van der Waals surface area contributed by atoms with Crippen LogP contribution in [0.25, 0.3) is 12.2 Å². The summed E-state index contributed by atoms with van der Waals surface area (Å²) in [5.41, 5.74) is 4.93. The molecule has 2 aromatic carbocycles. The van der Waals surface area contributed by atoms with Gasteiger partial charge in [-0.2, -0.15) is 0 Å². The van der Waals surface area contributed by atoms with Crippen molar-refractivity contribution in [2.45, 2.75) is 37.3 Å². The van der Waals surface area contributed by atoms with E-state index in [-0.39, 0.29) is 24.4 Å². The molecule has 4 unspecified atom stereocenters. The predicted molar refractivity (Wildman–Crippen MR) is 109 cm³/mol. The highest BCUT2D eigenvalue weighted by molar-refractivity contribution is 5.52. The molecule has 0 amide bonds. The van der Waals surface area contributed by atoms with E-state index in [4.69, 9.17) is 14.2 Å². The van der Waals surface area contributed by atoms with E-state index in [2.05, 4.69) is 49.6 Å². The molecular weight excluding hydrogens is 336 g/mol. The SMILES string of the molecule is C=Cc1ccccc1CC1OC1COCC1OC1Cc1ccccc1C=C. The van der Waals surface area contributed by atoms with Crippen molar-refractivity contribution in [2.24, 2.45) is 0 Å². The molecule has 4 atom stereocenters. The van der Waals surface area contributed by atoms with Crippen molar-refractivity contribution in [2.75, 3.05) is 13.2 Å². The van der Waals surface area contributed by atoms with Crippen molar-refractivity contribution in [1.82, 2.24) is 0 Å². The smallest absolute Gasteiger partial charge is 0.108 e. The molecule has 4 rings (SSSR count). The number of ether oxygens (including phenoxy) is 3. The lowest BCUT2D eigenvalue weighted by Gasteiger charge is -2.04. The number of hydrogen-bond acceptors (Lipinski definition) is 3. The van der Waals surface area contributed by atoms with E-state index in [1.165, 1.54) is 22.3 Å². The average Bonchev–Trinajstić information content (AvgIpc) is 3.62. The minimum absolute atomic E-state index is 0.196. The topological polar surface area (TPSA) is 34.3 Å². The van der Waals surface area contributed by atoms with Gasteiger partial charge in [-0.15, -0.1) is 0 Å². The Labute approximate surface area is 161 Å². The largest absolute Gasteiger partial charge is 0.376 e. The molecule has 3 heteroatoms. The van der Waals surface area contributed by atoms with Gasteiger partial charge in [0.2, 0.25) is 0 Å². The van der Waals surface area contributed by atoms with Crippen LogP contribution < -0.4 is 0 Å². The Morgan fingerprint density at radius 1 is 0.704 bits per heavy atom. The third kappa shape index (κ3) is 4.56. The van der Waals surface area contributed by atoms with Gasteiger partial charge in [0.1, 0.15) is 12.2 Å². The zero-order valence-electron chi connectivity index (χ0n) is 15.6. The highest BCUT2D eigenvalue weighted by Crippen LogP contribution is 2.30. The predicted octanol–water partition coefficient (Wildman–Crippen LogP) is 4.31. The average molecular weight is 362 g/mol. The third-order valence-corrected chi connectivity index (χ3v) is 5.33. The van der Waals surface area contributed by atoms with Gasteiger partial charge in [-0.25, -0.2) is 0 Å². The third-order valence-electron chi connectivity index (χ3n) is 5.33. The van der Waals surface area contributed by atoms with Crippen LogP contribution >= 0.6 is 0 Å². The lowest BCUT2D eigenvalue weighted by Crippen LogP contribution is -2.12. The maximum Gasteiger partial charge on any atom is 0.108 e. The Bertz CT molecular complexity index is 745. The van der Waals surface area contributed by atoms with Gasteiger partial charge in [-0.3, -0.25) is 0 Å². The van der Waals surface area contributed by atoms with E-state index in [9.17, 15) is 0 Å². The van der Waals surface area contributed by atoms with Crippen LogP contribution in [0.2, 0.25) is 0 Å². The monoisotopic (exact) mass is 362 g/mol. The minimum atomic E-state index is 0.196. The van der Waals surface area contributed by atoms with Crippen molar-refractivity contribution < 1.29 is 14.2 Å². The van der Waals surface area contributed by atoms with E-state index >= 15 is 0 Å². The summed E-state index contributed by atoms with van der Waals surface area (Å²) in [6, 6.07) is 16.6. The van der Waals surface area contributed by atoms with E-state index in [0.717, 1.165) is 12.8 Å². The van der Waals surface area contributed by atoms with Crippen molar-refractivity contribution in [1.29, 1.82) is 0 Å². The van der Waals surface area contributed by atoms with Crippen LogP contribution in [0, 0.1) is 0 Å². The molecule has 0 saturated carbocycles. The highest BCUT2D eigenvalue weighted by atomic mass is 16.6. The standard InChI is InChI=1S/C24H26O3/c1-3-17-9-5-7-11-19(17)13-21-23(26-21)15-25-16-24-22(27-24)14-20-12-8-6-10-18(20)4-2/h3-12,21-24H,1-2,13-16H2. The van der Waals surface area contributed by atoms with E-state index < -0.39 is 0 Å². The molecule has 2 aliphatic rings. The van der Waals surface area contributed by atoms with Gasteiger partial charge in [0.15, 0.2) is 0 Å². The first-order chi connectivity index (χ1) is 13.3. The van der Waals surface area contributed by atoms with Crippen molar-refractivity contribution in [3.05, 3.63) is 83.9 Å². The summed E-state index contributed by atoms with van der Waals surface area (Å²) in [6.07, 6.45) is 6.52. The van der Waals surface area contributed by atoms with Crippen LogP contribution in [0.5, 0.6) is 0 Å². The molecule has 0 aliphatic carbocycles. The molecule has 2 heterocycles. The molecule has 3 nitrogen and oxygen atoms in total. The Kier molecular flexibility index (Phi) is 5.53. The molecule has 0 spiro atoms. The van der Waals surface area contributed by atoms with Gasteiger partial charge in [-0.1, -0.05) is 73.8 Å². The minimum Gasteiger partial charge on any atom is -0.376 e. The maximum atomic E-state index is 5.84. The number of epoxide rings is 2. The zero-order valence-corrected chi connectivity index (χ0v) is 15.6. The highest BCUT2D eigenvalue weighted by Gasteiger charge is 2.42.